The van der Waals surface area contributed by atoms with Crippen molar-refractivity contribution < 1.29 is 18.7 Å². The van der Waals surface area contributed by atoms with Gasteiger partial charge in [0.2, 0.25) is 0 Å². The summed E-state index contributed by atoms with van der Waals surface area (Å²) in [6.07, 6.45) is 2.51. The zero-order valence-corrected chi connectivity index (χ0v) is 18.2. The van der Waals surface area contributed by atoms with E-state index in [9.17, 15) is 4.79 Å². The van der Waals surface area contributed by atoms with Crippen LogP contribution in [0.5, 0.6) is 5.75 Å². The number of carbonyl (C=O) groups is 1. The molecule has 3 fully saturated rings. The standard InChI is InChI=1S/C21H24N4O4S/c1-21(2,3)29-20(26)25-12-9-13(25)11-24(10-12)19-23-16-14(18-22-7-8-30-18)5-6-15(27-4)17(16)28-19/h5-8,12-13H,9-11H2,1-4H3. The zero-order chi connectivity index (χ0) is 21.0. The summed E-state index contributed by atoms with van der Waals surface area (Å²) in [6, 6.07) is 4.60. The molecule has 2 bridgehead atoms. The molecular formula is C21H24N4O4S. The average molecular weight is 429 g/mol. The monoisotopic (exact) mass is 428 g/mol. The Morgan fingerprint density at radius 3 is 2.67 bits per heavy atom. The van der Waals surface area contributed by atoms with Gasteiger partial charge in [-0.1, -0.05) is 0 Å². The topological polar surface area (TPSA) is 80.9 Å². The molecule has 0 spiro atoms. The van der Waals surface area contributed by atoms with Crippen LogP contribution in [0.1, 0.15) is 27.2 Å². The second-order valence-corrected chi connectivity index (χ2v) is 9.56. The molecule has 2 aromatic heterocycles. The third-order valence-electron chi connectivity index (χ3n) is 5.45. The van der Waals surface area contributed by atoms with E-state index >= 15 is 0 Å². The van der Waals surface area contributed by atoms with Crippen molar-refractivity contribution in [3.8, 4) is 16.3 Å². The highest BCUT2D eigenvalue weighted by Gasteiger charge is 2.49. The molecule has 8 nitrogen and oxygen atoms in total. The van der Waals surface area contributed by atoms with E-state index in [1.54, 1.807) is 24.6 Å². The quantitative estimate of drug-likeness (QED) is 0.620. The van der Waals surface area contributed by atoms with Crippen LogP contribution in [0.15, 0.2) is 28.1 Å². The van der Waals surface area contributed by atoms with E-state index in [2.05, 4.69) is 9.88 Å². The van der Waals surface area contributed by atoms with E-state index in [1.807, 2.05) is 43.2 Å². The fourth-order valence-corrected chi connectivity index (χ4v) is 4.84. The number of hydrogen-bond acceptors (Lipinski definition) is 8. The van der Waals surface area contributed by atoms with Gasteiger partial charge < -0.3 is 18.8 Å². The molecule has 3 aliphatic heterocycles. The lowest BCUT2D eigenvalue weighted by Crippen LogP contribution is -2.70. The smallest absolute Gasteiger partial charge is 0.410 e. The minimum Gasteiger partial charge on any atom is -0.493 e. The van der Waals surface area contributed by atoms with Gasteiger partial charge in [-0.05, 0) is 39.3 Å². The lowest BCUT2D eigenvalue weighted by atomic mass is 9.88. The number of amides is 1. The van der Waals surface area contributed by atoms with Crippen LogP contribution >= 0.6 is 11.3 Å². The lowest BCUT2D eigenvalue weighted by Gasteiger charge is -2.55. The summed E-state index contributed by atoms with van der Waals surface area (Å²) in [5.74, 6) is 0.640. The molecule has 30 heavy (non-hydrogen) atoms. The number of hydrogen-bond donors (Lipinski definition) is 0. The molecule has 2 atom stereocenters. The number of nitrogens with zero attached hydrogens (tertiary/aromatic N) is 4. The Morgan fingerprint density at radius 2 is 2.03 bits per heavy atom. The third-order valence-corrected chi connectivity index (χ3v) is 6.25. The Kier molecular flexibility index (Phi) is 4.39. The van der Waals surface area contributed by atoms with Crippen molar-refractivity contribution in [1.29, 1.82) is 0 Å². The van der Waals surface area contributed by atoms with Gasteiger partial charge in [0, 0.05) is 30.2 Å². The number of fused-ring (bicyclic) bond motifs is 3. The van der Waals surface area contributed by atoms with E-state index in [0.29, 0.717) is 30.4 Å². The maximum Gasteiger partial charge on any atom is 0.410 e. The summed E-state index contributed by atoms with van der Waals surface area (Å²) in [6.45, 7) is 6.99. The molecule has 1 amide bonds. The molecule has 1 aromatic carbocycles. The highest BCUT2D eigenvalue weighted by atomic mass is 32.1. The number of anilines is 1. The number of piperidine rings is 1. The Morgan fingerprint density at radius 1 is 1.27 bits per heavy atom. The number of piperazine rings is 1. The highest BCUT2D eigenvalue weighted by Crippen LogP contribution is 2.40. The van der Waals surface area contributed by atoms with Crippen molar-refractivity contribution in [2.75, 3.05) is 25.1 Å². The van der Waals surface area contributed by atoms with E-state index in [0.717, 1.165) is 22.5 Å². The zero-order valence-electron chi connectivity index (χ0n) is 17.4. The molecule has 3 saturated heterocycles. The Balaban J connectivity index is 1.42. The second kappa shape index (κ2) is 6.87. The number of thiazole rings is 1. The Hall–Kier alpha value is -2.81. The third kappa shape index (κ3) is 3.17. The van der Waals surface area contributed by atoms with Crippen LogP contribution in [0.3, 0.4) is 0 Å². The maximum absolute atomic E-state index is 12.5. The van der Waals surface area contributed by atoms with Gasteiger partial charge in [0.1, 0.15) is 16.1 Å². The molecule has 3 aromatic rings. The average Bonchev–Trinajstić information content (AvgIpc) is 3.36. The number of aromatic nitrogens is 2. The van der Waals surface area contributed by atoms with Crippen molar-refractivity contribution in [3.05, 3.63) is 23.7 Å². The van der Waals surface area contributed by atoms with Gasteiger partial charge in [0.05, 0.1) is 19.2 Å². The summed E-state index contributed by atoms with van der Waals surface area (Å²) in [7, 11) is 1.62. The molecule has 9 heteroatoms. The molecule has 0 radical (unpaired) electrons. The first-order valence-corrected chi connectivity index (χ1v) is 10.9. The first-order valence-electron chi connectivity index (χ1n) is 9.97. The number of rotatable bonds is 3. The number of carbonyl (C=O) groups excluding carboxylic acids is 1. The molecule has 0 aliphatic carbocycles. The summed E-state index contributed by atoms with van der Waals surface area (Å²) >= 11 is 1.56. The van der Waals surface area contributed by atoms with Crippen molar-refractivity contribution >= 4 is 34.5 Å². The van der Waals surface area contributed by atoms with Crippen LogP contribution in [-0.2, 0) is 4.74 Å². The van der Waals surface area contributed by atoms with Gasteiger partial charge >= 0.3 is 6.09 Å². The molecule has 5 heterocycles. The van der Waals surface area contributed by atoms with Gasteiger partial charge in [-0.15, -0.1) is 11.3 Å². The summed E-state index contributed by atoms with van der Waals surface area (Å²) in [4.78, 5) is 25.7. The van der Waals surface area contributed by atoms with Crippen molar-refractivity contribution in [2.45, 2.75) is 44.9 Å². The largest absolute Gasteiger partial charge is 0.493 e. The summed E-state index contributed by atoms with van der Waals surface area (Å²) in [5.41, 5.74) is 1.78. The molecule has 0 N–H and O–H groups in total. The molecular weight excluding hydrogens is 404 g/mol. The van der Waals surface area contributed by atoms with E-state index in [1.165, 1.54) is 0 Å². The van der Waals surface area contributed by atoms with E-state index in [-0.39, 0.29) is 18.2 Å². The van der Waals surface area contributed by atoms with Crippen molar-refractivity contribution in [3.63, 3.8) is 0 Å². The molecule has 6 rings (SSSR count). The van der Waals surface area contributed by atoms with Crippen LogP contribution in [-0.4, -0.2) is 58.8 Å². The van der Waals surface area contributed by atoms with E-state index in [4.69, 9.17) is 18.9 Å². The van der Waals surface area contributed by atoms with Crippen LogP contribution < -0.4 is 9.64 Å². The van der Waals surface area contributed by atoms with Crippen molar-refractivity contribution in [1.82, 2.24) is 14.9 Å². The van der Waals surface area contributed by atoms with Gasteiger partial charge in [0.15, 0.2) is 11.3 Å². The fraction of sp³-hybridized carbons (Fsp3) is 0.476. The predicted molar refractivity (Wildman–Crippen MR) is 114 cm³/mol. The van der Waals surface area contributed by atoms with Crippen LogP contribution in [0.2, 0.25) is 0 Å². The van der Waals surface area contributed by atoms with Crippen LogP contribution in [0, 0.1) is 0 Å². The van der Waals surface area contributed by atoms with Crippen LogP contribution in [0.25, 0.3) is 21.7 Å². The number of methoxy groups -OCH3 is 1. The van der Waals surface area contributed by atoms with Gasteiger partial charge in [-0.25, -0.2) is 9.78 Å². The predicted octanol–water partition coefficient (Wildman–Crippen LogP) is 4.16. The first kappa shape index (κ1) is 19.2. The summed E-state index contributed by atoms with van der Waals surface area (Å²) in [5, 5.41) is 2.83. The molecule has 0 saturated carbocycles. The molecule has 158 valence electrons. The SMILES string of the molecule is COc1ccc(-c2nccs2)c2nc(N3CC4CC(C3)N4C(=O)OC(C)(C)C)oc12. The van der Waals surface area contributed by atoms with Gasteiger partial charge in [0.25, 0.3) is 6.01 Å². The first-order chi connectivity index (χ1) is 14.3. The lowest BCUT2D eigenvalue weighted by molar-refractivity contribution is -0.0386. The van der Waals surface area contributed by atoms with Gasteiger partial charge in [-0.3, -0.25) is 4.90 Å². The number of ether oxygens (including phenoxy) is 2. The summed E-state index contributed by atoms with van der Waals surface area (Å²) < 4.78 is 17.2. The normalized spacial score (nSPS) is 20.9. The van der Waals surface area contributed by atoms with Gasteiger partial charge in [-0.2, -0.15) is 4.98 Å². The Bertz CT molecular complexity index is 1080. The maximum atomic E-state index is 12.5. The van der Waals surface area contributed by atoms with E-state index < -0.39 is 5.60 Å². The fourth-order valence-electron chi connectivity index (χ4n) is 4.18. The van der Waals surface area contributed by atoms with Crippen molar-refractivity contribution in [2.24, 2.45) is 0 Å². The highest BCUT2D eigenvalue weighted by molar-refractivity contribution is 7.13. The Labute approximate surface area is 178 Å². The molecule has 2 unspecified atom stereocenters. The van der Waals surface area contributed by atoms with Crippen LogP contribution in [0.4, 0.5) is 10.8 Å². The number of benzene rings is 1. The minimum atomic E-state index is -0.496. The molecule has 3 aliphatic rings. The number of oxazole rings is 1. The second-order valence-electron chi connectivity index (χ2n) is 8.66. The minimum absolute atomic E-state index is 0.106.